The van der Waals surface area contributed by atoms with Gasteiger partial charge in [0.25, 0.3) is 5.91 Å². The minimum atomic E-state index is -0.663. The Labute approximate surface area is 263 Å². The highest BCUT2D eigenvalue weighted by Crippen LogP contribution is 2.53. The van der Waals surface area contributed by atoms with Crippen LogP contribution in [-0.2, 0) is 19.1 Å². The first kappa shape index (κ1) is 30.8. The maximum Gasteiger partial charge on any atom is 0.409 e. The molecule has 2 aliphatic heterocycles. The molecule has 6 rings (SSSR count). The van der Waals surface area contributed by atoms with E-state index in [9.17, 15) is 19.2 Å². The van der Waals surface area contributed by atoms with E-state index < -0.39 is 11.9 Å². The van der Waals surface area contributed by atoms with Gasteiger partial charge in [0.1, 0.15) is 17.6 Å². The van der Waals surface area contributed by atoms with E-state index in [1.54, 1.807) is 15.9 Å². The van der Waals surface area contributed by atoms with Gasteiger partial charge in [0.15, 0.2) is 5.82 Å². The van der Waals surface area contributed by atoms with E-state index in [0.29, 0.717) is 64.1 Å². The van der Waals surface area contributed by atoms with Gasteiger partial charge in [-0.3, -0.25) is 14.4 Å². The number of piperidine rings is 1. The topological polar surface area (TPSA) is 134 Å². The third-order valence-electron chi connectivity index (χ3n) is 9.27. The number of benzene rings is 1. The Morgan fingerprint density at radius 3 is 2.27 bits per heavy atom. The fourth-order valence-corrected chi connectivity index (χ4v) is 6.46. The standard InChI is InChI=1S/C33H42N6O6/c1-3-5-17-45-33(43)38-15-13-37(14-16-38)31(41)28(21-11-12-21)36-30(40)25-18-26(35-29(34-25)22-9-7-6-8-10-22)39-19-23-24(20-39)27(23)32(42)44-4-2/h6-10,18,21,23-24,27-28H,3-5,11-17,19-20H2,1-2H3,(H,36,40)/t23?,24?,27?,28-/m0/s1. The maximum absolute atomic E-state index is 13.8. The molecule has 3 amide bonds. The molecule has 12 nitrogen and oxygen atoms in total. The largest absolute Gasteiger partial charge is 0.466 e. The number of aromatic nitrogens is 2. The van der Waals surface area contributed by atoms with Crippen LogP contribution in [0.1, 0.15) is 50.0 Å². The average molecular weight is 619 g/mol. The number of nitrogens with one attached hydrogen (secondary N) is 1. The van der Waals surface area contributed by atoms with E-state index in [0.717, 1.165) is 31.2 Å². The first-order valence-electron chi connectivity index (χ1n) is 16.2. The molecule has 1 aromatic heterocycles. The number of hydrogen-bond donors (Lipinski definition) is 1. The highest BCUT2D eigenvalue weighted by atomic mass is 16.6. The van der Waals surface area contributed by atoms with Crippen LogP contribution in [0.4, 0.5) is 10.6 Å². The van der Waals surface area contributed by atoms with E-state index in [1.165, 1.54) is 0 Å². The van der Waals surface area contributed by atoms with Crippen LogP contribution < -0.4 is 10.2 Å². The summed E-state index contributed by atoms with van der Waals surface area (Å²) < 4.78 is 10.6. The lowest BCUT2D eigenvalue weighted by atomic mass is 10.1. The fraction of sp³-hybridized carbons (Fsp3) is 0.576. The molecule has 3 heterocycles. The first-order valence-corrected chi connectivity index (χ1v) is 16.2. The summed E-state index contributed by atoms with van der Waals surface area (Å²) in [6.07, 6.45) is 3.15. The van der Waals surface area contributed by atoms with Gasteiger partial charge in [0, 0.05) is 50.9 Å². The van der Waals surface area contributed by atoms with Crippen LogP contribution in [0.25, 0.3) is 11.4 Å². The Bertz CT molecular complexity index is 1400. The number of unbranched alkanes of at least 4 members (excludes halogenated alkanes) is 1. The number of ether oxygens (including phenoxy) is 2. The normalized spacial score (nSPS) is 22.8. The summed E-state index contributed by atoms with van der Waals surface area (Å²) in [6, 6.07) is 10.5. The highest BCUT2D eigenvalue weighted by Gasteiger charge is 2.60. The summed E-state index contributed by atoms with van der Waals surface area (Å²) in [5.41, 5.74) is 0.975. The molecule has 2 unspecified atom stereocenters. The van der Waals surface area contributed by atoms with E-state index in [4.69, 9.17) is 14.5 Å². The zero-order chi connectivity index (χ0) is 31.5. The van der Waals surface area contributed by atoms with E-state index in [-0.39, 0.29) is 47.3 Å². The summed E-state index contributed by atoms with van der Waals surface area (Å²) in [6.45, 7) is 7.50. The molecule has 12 heteroatoms. The Morgan fingerprint density at radius 1 is 0.933 bits per heavy atom. The Morgan fingerprint density at radius 2 is 1.62 bits per heavy atom. The minimum absolute atomic E-state index is 0.0684. The fourth-order valence-electron chi connectivity index (χ4n) is 6.46. The van der Waals surface area contributed by atoms with Crippen molar-refractivity contribution in [2.45, 2.75) is 45.6 Å². The number of amides is 3. The summed E-state index contributed by atoms with van der Waals surface area (Å²) in [7, 11) is 0. The monoisotopic (exact) mass is 618 g/mol. The van der Waals surface area contributed by atoms with Crippen molar-refractivity contribution in [3.63, 3.8) is 0 Å². The lowest BCUT2D eigenvalue weighted by Crippen LogP contribution is -2.56. The molecule has 4 aliphatic rings. The molecule has 2 saturated carbocycles. The third kappa shape index (κ3) is 6.89. The quantitative estimate of drug-likeness (QED) is 0.298. The Hall–Kier alpha value is -4.22. The van der Waals surface area contributed by atoms with Gasteiger partial charge < -0.3 is 29.5 Å². The first-order chi connectivity index (χ1) is 21.9. The molecule has 2 saturated heterocycles. The van der Waals surface area contributed by atoms with Crippen LogP contribution in [0.5, 0.6) is 0 Å². The van der Waals surface area contributed by atoms with Crippen LogP contribution in [0, 0.1) is 23.7 Å². The van der Waals surface area contributed by atoms with Crippen molar-refractivity contribution in [2.24, 2.45) is 23.7 Å². The second-order valence-electron chi connectivity index (χ2n) is 12.4. The van der Waals surface area contributed by atoms with Gasteiger partial charge in [-0.25, -0.2) is 14.8 Å². The van der Waals surface area contributed by atoms with Crippen molar-refractivity contribution in [1.82, 2.24) is 25.1 Å². The van der Waals surface area contributed by atoms with E-state index >= 15 is 0 Å². The SMILES string of the molecule is CCCCOC(=O)N1CCN(C(=O)[C@@H](NC(=O)c2cc(N3CC4C(C3)C4C(=O)OCC)nc(-c3ccccc3)n2)C2CC2)CC1. The van der Waals surface area contributed by atoms with Crippen molar-refractivity contribution >= 4 is 29.7 Å². The summed E-state index contributed by atoms with van der Waals surface area (Å²) >= 11 is 0. The van der Waals surface area contributed by atoms with Crippen molar-refractivity contribution < 1.29 is 28.7 Å². The molecule has 0 spiro atoms. The number of hydrogen-bond acceptors (Lipinski definition) is 9. The molecule has 1 N–H and O–H groups in total. The van der Waals surface area contributed by atoms with Gasteiger partial charge in [-0.1, -0.05) is 43.7 Å². The number of piperazine rings is 1. The number of nitrogens with zero attached hydrogens (tertiary/aromatic N) is 5. The van der Waals surface area contributed by atoms with Crippen LogP contribution in [0.15, 0.2) is 36.4 Å². The summed E-state index contributed by atoms with van der Waals surface area (Å²) in [5, 5.41) is 3.01. The molecular weight excluding hydrogens is 576 g/mol. The van der Waals surface area contributed by atoms with Crippen molar-refractivity contribution in [2.75, 3.05) is 57.4 Å². The zero-order valence-electron chi connectivity index (χ0n) is 26.0. The molecule has 2 aliphatic carbocycles. The average Bonchev–Trinajstić information content (AvgIpc) is 3.99. The zero-order valence-corrected chi connectivity index (χ0v) is 26.0. The highest BCUT2D eigenvalue weighted by molar-refractivity contribution is 5.97. The molecule has 2 aromatic rings. The second kappa shape index (κ2) is 13.4. The Kier molecular flexibility index (Phi) is 9.18. The van der Waals surface area contributed by atoms with E-state index in [2.05, 4.69) is 15.2 Å². The van der Waals surface area contributed by atoms with Crippen LogP contribution in [-0.4, -0.2) is 102 Å². The number of anilines is 1. The van der Waals surface area contributed by atoms with Crippen molar-refractivity contribution in [1.29, 1.82) is 0 Å². The molecule has 3 atom stereocenters. The summed E-state index contributed by atoms with van der Waals surface area (Å²) in [4.78, 5) is 67.0. The number of carbonyl (C=O) groups excluding carboxylic acids is 4. The van der Waals surface area contributed by atoms with Crippen LogP contribution >= 0.6 is 0 Å². The molecule has 240 valence electrons. The second-order valence-corrected chi connectivity index (χ2v) is 12.4. The van der Waals surface area contributed by atoms with Crippen molar-refractivity contribution in [3.8, 4) is 11.4 Å². The lowest BCUT2D eigenvalue weighted by Gasteiger charge is -2.36. The molecule has 45 heavy (non-hydrogen) atoms. The number of carbonyl (C=O) groups is 4. The smallest absolute Gasteiger partial charge is 0.409 e. The predicted molar refractivity (Wildman–Crippen MR) is 165 cm³/mol. The lowest BCUT2D eigenvalue weighted by molar-refractivity contribution is -0.145. The molecule has 4 fully saturated rings. The maximum atomic E-state index is 13.8. The third-order valence-corrected chi connectivity index (χ3v) is 9.27. The number of fused-ring (bicyclic) bond motifs is 1. The van der Waals surface area contributed by atoms with Gasteiger partial charge in [0.05, 0.1) is 19.1 Å². The number of rotatable bonds is 11. The van der Waals surface area contributed by atoms with Gasteiger partial charge >= 0.3 is 12.1 Å². The molecule has 0 bridgehead atoms. The van der Waals surface area contributed by atoms with Crippen molar-refractivity contribution in [3.05, 3.63) is 42.1 Å². The summed E-state index contributed by atoms with van der Waals surface area (Å²) in [5.74, 6) is 0.789. The van der Waals surface area contributed by atoms with E-state index in [1.807, 2.05) is 44.2 Å². The predicted octanol–water partition coefficient (Wildman–Crippen LogP) is 2.98. The van der Waals surface area contributed by atoms with Crippen LogP contribution in [0.2, 0.25) is 0 Å². The minimum Gasteiger partial charge on any atom is -0.466 e. The Balaban J connectivity index is 1.14. The molecule has 1 aromatic carbocycles. The van der Waals surface area contributed by atoms with Gasteiger partial charge in [-0.05, 0) is 43.9 Å². The van der Waals surface area contributed by atoms with Gasteiger partial charge in [-0.15, -0.1) is 0 Å². The molecule has 0 radical (unpaired) electrons. The van der Waals surface area contributed by atoms with Gasteiger partial charge in [0.2, 0.25) is 5.91 Å². The molecular formula is C33H42N6O6. The van der Waals surface area contributed by atoms with Crippen LogP contribution in [0.3, 0.4) is 0 Å². The number of esters is 1. The van der Waals surface area contributed by atoms with Gasteiger partial charge in [-0.2, -0.15) is 0 Å².